The molecule has 5 heteroatoms. The second-order valence-corrected chi connectivity index (χ2v) is 6.61. The number of rotatable bonds is 2. The first-order valence-electron chi connectivity index (χ1n) is 7.72. The molecule has 1 aliphatic carbocycles. The van der Waals surface area contributed by atoms with Crippen LogP contribution in [0.25, 0.3) is 0 Å². The van der Waals surface area contributed by atoms with Crippen LogP contribution in [0.5, 0.6) is 0 Å². The Morgan fingerprint density at radius 1 is 1.35 bits per heavy atom. The Kier molecular flexibility index (Phi) is 2.84. The SMILES string of the molecule is O=C(c1cc(C2CC2)on1)N1CCC2(CCNC2)CC1. The van der Waals surface area contributed by atoms with Crippen molar-refractivity contribution in [2.45, 2.75) is 38.0 Å². The lowest BCUT2D eigenvalue weighted by atomic mass is 9.78. The minimum atomic E-state index is 0.0430. The molecule has 3 heterocycles. The zero-order valence-corrected chi connectivity index (χ0v) is 11.7. The zero-order valence-electron chi connectivity index (χ0n) is 11.7. The molecule has 0 atom stereocenters. The maximum absolute atomic E-state index is 12.4. The normalized spacial score (nSPS) is 25.3. The molecule has 0 bridgehead atoms. The highest BCUT2D eigenvalue weighted by molar-refractivity contribution is 5.92. The lowest BCUT2D eigenvalue weighted by molar-refractivity contribution is 0.0597. The van der Waals surface area contributed by atoms with Crippen molar-refractivity contribution in [1.29, 1.82) is 0 Å². The van der Waals surface area contributed by atoms with Crippen molar-refractivity contribution in [2.24, 2.45) is 5.41 Å². The van der Waals surface area contributed by atoms with Crippen molar-refractivity contribution in [3.8, 4) is 0 Å². The molecule has 1 aromatic heterocycles. The van der Waals surface area contributed by atoms with E-state index in [1.807, 2.05) is 11.0 Å². The lowest BCUT2D eigenvalue weighted by Gasteiger charge is -2.38. The quantitative estimate of drug-likeness (QED) is 0.893. The average molecular weight is 275 g/mol. The Morgan fingerprint density at radius 3 is 2.80 bits per heavy atom. The van der Waals surface area contributed by atoms with Gasteiger partial charge in [-0.25, -0.2) is 0 Å². The molecule has 2 saturated heterocycles. The first-order valence-corrected chi connectivity index (χ1v) is 7.72. The van der Waals surface area contributed by atoms with E-state index in [1.165, 1.54) is 19.3 Å². The Balaban J connectivity index is 1.41. The molecule has 20 heavy (non-hydrogen) atoms. The molecular formula is C15H21N3O2. The molecule has 1 spiro atoms. The van der Waals surface area contributed by atoms with Gasteiger partial charge in [0.25, 0.3) is 5.91 Å². The molecule has 1 N–H and O–H groups in total. The largest absolute Gasteiger partial charge is 0.360 e. The number of carbonyl (C=O) groups is 1. The van der Waals surface area contributed by atoms with Crippen molar-refractivity contribution < 1.29 is 9.32 Å². The third kappa shape index (κ3) is 2.14. The minimum absolute atomic E-state index is 0.0430. The van der Waals surface area contributed by atoms with Crippen molar-refractivity contribution in [3.63, 3.8) is 0 Å². The number of piperidine rings is 1. The van der Waals surface area contributed by atoms with Crippen molar-refractivity contribution >= 4 is 5.91 Å². The summed E-state index contributed by atoms with van der Waals surface area (Å²) < 4.78 is 5.29. The fraction of sp³-hybridized carbons (Fsp3) is 0.733. The summed E-state index contributed by atoms with van der Waals surface area (Å²) in [6, 6.07) is 1.85. The van der Waals surface area contributed by atoms with Crippen LogP contribution < -0.4 is 5.32 Å². The van der Waals surface area contributed by atoms with Gasteiger partial charge in [-0.2, -0.15) is 0 Å². The molecule has 3 fully saturated rings. The smallest absolute Gasteiger partial charge is 0.276 e. The van der Waals surface area contributed by atoms with E-state index < -0.39 is 0 Å². The Labute approximate surface area is 118 Å². The first kappa shape index (κ1) is 12.4. The first-order chi connectivity index (χ1) is 9.76. The number of likely N-dealkylation sites (tertiary alicyclic amines) is 1. The van der Waals surface area contributed by atoms with Crippen LogP contribution in [0.3, 0.4) is 0 Å². The molecular weight excluding hydrogens is 254 g/mol. The van der Waals surface area contributed by atoms with Gasteiger partial charge in [0.2, 0.25) is 0 Å². The van der Waals surface area contributed by atoms with Crippen LogP contribution in [0.1, 0.15) is 54.3 Å². The fourth-order valence-electron chi connectivity index (χ4n) is 3.52. The molecule has 4 rings (SSSR count). The number of carbonyl (C=O) groups excluding carboxylic acids is 1. The van der Waals surface area contributed by atoms with Gasteiger partial charge in [0.05, 0.1) is 0 Å². The van der Waals surface area contributed by atoms with Crippen molar-refractivity contribution in [1.82, 2.24) is 15.4 Å². The highest BCUT2D eigenvalue weighted by Crippen LogP contribution is 2.40. The highest BCUT2D eigenvalue weighted by Gasteiger charge is 2.38. The van der Waals surface area contributed by atoms with Crippen molar-refractivity contribution in [3.05, 3.63) is 17.5 Å². The molecule has 5 nitrogen and oxygen atoms in total. The summed E-state index contributed by atoms with van der Waals surface area (Å²) in [6.45, 7) is 3.95. The highest BCUT2D eigenvalue weighted by atomic mass is 16.5. The van der Waals surface area contributed by atoms with Crippen LogP contribution in [0, 0.1) is 5.41 Å². The van der Waals surface area contributed by atoms with Crippen LogP contribution in [0.2, 0.25) is 0 Å². The molecule has 1 aromatic rings. The molecule has 1 amide bonds. The molecule has 0 unspecified atom stereocenters. The summed E-state index contributed by atoms with van der Waals surface area (Å²) in [5.74, 6) is 1.45. The zero-order chi connectivity index (χ0) is 13.6. The second-order valence-electron chi connectivity index (χ2n) is 6.61. The van der Waals surface area contributed by atoms with Gasteiger partial charge in [-0.3, -0.25) is 4.79 Å². The summed E-state index contributed by atoms with van der Waals surface area (Å²) in [5.41, 5.74) is 0.937. The predicted octanol–water partition coefficient (Wildman–Crippen LogP) is 1.77. The fourth-order valence-corrected chi connectivity index (χ4v) is 3.52. The number of aromatic nitrogens is 1. The molecule has 0 aromatic carbocycles. The molecule has 2 aliphatic heterocycles. The third-order valence-corrected chi connectivity index (χ3v) is 5.17. The summed E-state index contributed by atoms with van der Waals surface area (Å²) in [7, 11) is 0. The summed E-state index contributed by atoms with van der Waals surface area (Å²) in [5, 5.41) is 7.41. The van der Waals surface area contributed by atoms with Crippen LogP contribution in [0.15, 0.2) is 10.6 Å². The number of nitrogens with zero attached hydrogens (tertiary/aromatic N) is 2. The van der Waals surface area contributed by atoms with E-state index in [0.29, 0.717) is 17.0 Å². The lowest BCUT2D eigenvalue weighted by Crippen LogP contribution is -2.44. The maximum atomic E-state index is 12.4. The summed E-state index contributed by atoms with van der Waals surface area (Å²) in [4.78, 5) is 14.4. The van der Waals surface area contributed by atoms with E-state index in [1.54, 1.807) is 0 Å². The molecule has 0 radical (unpaired) electrons. The van der Waals surface area contributed by atoms with Crippen molar-refractivity contribution in [2.75, 3.05) is 26.2 Å². The van der Waals surface area contributed by atoms with Gasteiger partial charge in [-0.15, -0.1) is 0 Å². The van der Waals surface area contributed by atoms with Gasteiger partial charge in [0.1, 0.15) is 5.76 Å². The van der Waals surface area contributed by atoms with Gasteiger partial charge in [-0.05, 0) is 44.1 Å². The monoisotopic (exact) mass is 275 g/mol. The van der Waals surface area contributed by atoms with E-state index in [2.05, 4.69) is 10.5 Å². The van der Waals surface area contributed by atoms with Gasteiger partial charge in [-0.1, -0.05) is 5.16 Å². The maximum Gasteiger partial charge on any atom is 0.276 e. The second kappa shape index (κ2) is 4.58. The standard InChI is InChI=1S/C15H21N3O2/c19-14(12-9-13(20-17-12)11-1-2-11)18-7-4-15(5-8-18)3-6-16-10-15/h9,11,16H,1-8,10H2. The average Bonchev–Trinajstić information content (AvgIpc) is 3.04. The number of amides is 1. The van der Waals surface area contributed by atoms with Crippen LogP contribution in [-0.2, 0) is 0 Å². The van der Waals surface area contributed by atoms with E-state index in [9.17, 15) is 4.79 Å². The molecule has 1 saturated carbocycles. The van der Waals surface area contributed by atoms with Crippen LogP contribution in [-0.4, -0.2) is 42.1 Å². The molecule has 108 valence electrons. The Morgan fingerprint density at radius 2 is 2.15 bits per heavy atom. The molecule has 3 aliphatic rings. The Hall–Kier alpha value is -1.36. The van der Waals surface area contributed by atoms with Gasteiger partial charge in [0.15, 0.2) is 5.69 Å². The number of nitrogens with one attached hydrogen (secondary N) is 1. The van der Waals surface area contributed by atoms with E-state index >= 15 is 0 Å². The van der Waals surface area contributed by atoms with E-state index in [4.69, 9.17) is 4.52 Å². The van der Waals surface area contributed by atoms with E-state index in [0.717, 1.165) is 44.8 Å². The number of hydrogen-bond donors (Lipinski definition) is 1. The van der Waals surface area contributed by atoms with Gasteiger partial charge < -0.3 is 14.7 Å². The van der Waals surface area contributed by atoms with Gasteiger partial charge >= 0.3 is 0 Å². The summed E-state index contributed by atoms with van der Waals surface area (Å²) in [6.07, 6.45) is 5.81. The van der Waals surface area contributed by atoms with E-state index in [-0.39, 0.29) is 5.91 Å². The van der Waals surface area contributed by atoms with Crippen LogP contribution >= 0.6 is 0 Å². The minimum Gasteiger partial charge on any atom is -0.360 e. The van der Waals surface area contributed by atoms with Crippen LogP contribution in [0.4, 0.5) is 0 Å². The Bertz CT molecular complexity index is 505. The third-order valence-electron chi connectivity index (χ3n) is 5.17. The summed E-state index contributed by atoms with van der Waals surface area (Å²) >= 11 is 0. The van der Waals surface area contributed by atoms with Gasteiger partial charge in [0, 0.05) is 31.6 Å². The predicted molar refractivity (Wildman–Crippen MR) is 73.5 cm³/mol. The topological polar surface area (TPSA) is 58.4 Å². The number of hydrogen-bond acceptors (Lipinski definition) is 4.